The van der Waals surface area contributed by atoms with Crippen LogP contribution in [0.4, 0.5) is 13.2 Å². The number of para-hydroxylation sites is 1. The highest BCUT2D eigenvalue weighted by atomic mass is 32.2. The number of benzene rings is 2. The van der Waals surface area contributed by atoms with Crippen molar-refractivity contribution in [2.45, 2.75) is 17.6 Å². The van der Waals surface area contributed by atoms with E-state index in [0.717, 1.165) is 35.5 Å². The van der Waals surface area contributed by atoms with E-state index in [-0.39, 0.29) is 18.0 Å². The molecule has 0 N–H and O–H groups in total. The molecule has 31 heavy (non-hydrogen) atoms. The molecule has 0 unspecified atom stereocenters. The molecule has 4 rings (SSSR count). The molecule has 10 heteroatoms. The van der Waals surface area contributed by atoms with E-state index in [1.165, 1.54) is 4.31 Å². The van der Waals surface area contributed by atoms with Crippen molar-refractivity contribution in [1.29, 1.82) is 0 Å². The van der Waals surface area contributed by atoms with Gasteiger partial charge in [-0.2, -0.15) is 22.6 Å². The van der Waals surface area contributed by atoms with Crippen molar-refractivity contribution < 1.29 is 21.6 Å². The normalized spacial score (nSPS) is 16.5. The molecule has 0 saturated carbocycles. The summed E-state index contributed by atoms with van der Waals surface area (Å²) in [5.41, 5.74) is 1.11. The first-order chi connectivity index (χ1) is 14.7. The Labute approximate surface area is 178 Å². The Balaban J connectivity index is 1.37. The Morgan fingerprint density at radius 1 is 0.903 bits per heavy atom. The van der Waals surface area contributed by atoms with Crippen LogP contribution in [-0.4, -0.2) is 53.6 Å². The molecule has 0 aliphatic carbocycles. The summed E-state index contributed by atoms with van der Waals surface area (Å²) in [5, 5.41) is 4.37. The highest BCUT2D eigenvalue weighted by molar-refractivity contribution is 7.89. The number of hydrogen-bond acceptors (Lipinski definition) is 4. The van der Waals surface area contributed by atoms with Crippen LogP contribution in [0.15, 0.2) is 71.9 Å². The van der Waals surface area contributed by atoms with E-state index in [9.17, 15) is 21.6 Å². The first-order valence-corrected chi connectivity index (χ1v) is 11.2. The predicted octanol–water partition coefficient (Wildman–Crippen LogP) is 3.40. The van der Waals surface area contributed by atoms with Gasteiger partial charge < -0.3 is 0 Å². The average Bonchev–Trinajstić information content (AvgIpc) is 3.23. The maximum Gasteiger partial charge on any atom is 0.416 e. The largest absolute Gasteiger partial charge is 0.416 e. The van der Waals surface area contributed by atoms with Gasteiger partial charge in [0, 0.05) is 44.5 Å². The Kier molecular flexibility index (Phi) is 5.87. The molecule has 0 atom stereocenters. The third kappa shape index (κ3) is 4.81. The number of rotatable bonds is 5. The van der Waals surface area contributed by atoms with Gasteiger partial charge in [0.05, 0.1) is 22.3 Å². The zero-order valence-electron chi connectivity index (χ0n) is 16.5. The lowest BCUT2D eigenvalue weighted by Gasteiger charge is -2.33. The fourth-order valence-electron chi connectivity index (χ4n) is 3.51. The highest BCUT2D eigenvalue weighted by Crippen LogP contribution is 2.30. The molecule has 0 amide bonds. The van der Waals surface area contributed by atoms with E-state index in [1.54, 1.807) is 10.9 Å². The lowest BCUT2D eigenvalue weighted by Crippen LogP contribution is -2.48. The van der Waals surface area contributed by atoms with Gasteiger partial charge in [-0.1, -0.05) is 18.2 Å². The Hall–Kier alpha value is -2.69. The third-order valence-electron chi connectivity index (χ3n) is 5.21. The maximum absolute atomic E-state index is 12.8. The fourth-order valence-corrected chi connectivity index (χ4v) is 4.94. The summed E-state index contributed by atoms with van der Waals surface area (Å²) in [6.45, 7) is 2.24. The molecule has 1 saturated heterocycles. The van der Waals surface area contributed by atoms with Crippen LogP contribution in [0, 0.1) is 0 Å². The molecule has 6 nitrogen and oxygen atoms in total. The van der Waals surface area contributed by atoms with Crippen LogP contribution in [0.3, 0.4) is 0 Å². The van der Waals surface area contributed by atoms with Gasteiger partial charge in [0.1, 0.15) is 0 Å². The molecule has 0 radical (unpaired) electrons. The van der Waals surface area contributed by atoms with Crippen LogP contribution in [-0.2, 0) is 22.7 Å². The van der Waals surface area contributed by atoms with E-state index in [2.05, 4.69) is 10.00 Å². The first-order valence-electron chi connectivity index (χ1n) is 9.72. The van der Waals surface area contributed by atoms with Gasteiger partial charge in [-0.15, -0.1) is 0 Å². The molecule has 1 aromatic heterocycles. The zero-order valence-corrected chi connectivity index (χ0v) is 17.4. The Bertz CT molecular complexity index is 1120. The second-order valence-electron chi connectivity index (χ2n) is 7.33. The van der Waals surface area contributed by atoms with Gasteiger partial charge in [-0.25, -0.2) is 13.1 Å². The molecular formula is C21H21F3N4O2S. The molecular weight excluding hydrogens is 429 g/mol. The minimum absolute atomic E-state index is 0.127. The van der Waals surface area contributed by atoms with Gasteiger partial charge in [0.2, 0.25) is 10.0 Å². The number of aromatic nitrogens is 2. The Morgan fingerprint density at radius 3 is 2.16 bits per heavy atom. The molecule has 0 bridgehead atoms. The highest BCUT2D eigenvalue weighted by Gasteiger charge is 2.32. The smallest absolute Gasteiger partial charge is 0.296 e. The van der Waals surface area contributed by atoms with Crippen molar-refractivity contribution in [2.24, 2.45) is 0 Å². The molecule has 2 heterocycles. The summed E-state index contributed by atoms with van der Waals surface area (Å²) in [7, 11) is -3.83. The van der Waals surface area contributed by atoms with Crippen LogP contribution < -0.4 is 0 Å². The van der Waals surface area contributed by atoms with Gasteiger partial charge in [0.15, 0.2) is 0 Å². The number of halogens is 3. The van der Waals surface area contributed by atoms with Crippen molar-refractivity contribution >= 4 is 10.0 Å². The lowest BCUT2D eigenvalue weighted by atomic mass is 10.2. The first kappa shape index (κ1) is 21.5. The number of piperazine rings is 1. The van der Waals surface area contributed by atoms with Gasteiger partial charge in [-0.3, -0.25) is 4.90 Å². The maximum atomic E-state index is 12.8. The lowest BCUT2D eigenvalue weighted by molar-refractivity contribution is -0.137. The number of alkyl halides is 3. The number of hydrogen-bond donors (Lipinski definition) is 0. The summed E-state index contributed by atoms with van der Waals surface area (Å²) in [6, 6.07) is 13.4. The van der Waals surface area contributed by atoms with Crippen LogP contribution in [0.2, 0.25) is 0 Å². The zero-order chi connectivity index (χ0) is 22.1. The van der Waals surface area contributed by atoms with Crippen LogP contribution in [0.1, 0.15) is 11.1 Å². The summed E-state index contributed by atoms with van der Waals surface area (Å²) in [6.07, 6.45) is -0.763. The monoisotopic (exact) mass is 450 g/mol. The van der Waals surface area contributed by atoms with Crippen molar-refractivity contribution in [1.82, 2.24) is 19.0 Å². The standard InChI is InChI=1S/C21H21F3N4O2S/c22-21(23,24)18-6-8-20(9-7-18)31(29,30)27-12-10-26(11-13-27)15-17-14-25-28(16-17)19-4-2-1-3-5-19/h1-9,14,16H,10-13,15H2. The van der Waals surface area contributed by atoms with Crippen molar-refractivity contribution in [3.63, 3.8) is 0 Å². The second-order valence-corrected chi connectivity index (χ2v) is 9.27. The molecule has 0 spiro atoms. The average molecular weight is 450 g/mol. The fraction of sp³-hybridized carbons (Fsp3) is 0.286. The number of nitrogens with zero attached hydrogens (tertiary/aromatic N) is 4. The minimum Gasteiger partial charge on any atom is -0.296 e. The summed E-state index contributed by atoms with van der Waals surface area (Å²) >= 11 is 0. The van der Waals surface area contributed by atoms with Crippen LogP contribution in [0.5, 0.6) is 0 Å². The molecule has 2 aromatic carbocycles. The van der Waals surface area contributed by atoms with Crippen molar-refractivity contribution in [2.75, 3.05) is 26.2 Å². The molecule has 3 aromatic rings. The topological polar surface area (TPSA) is 58.4 Å². The van der Waals surface area contributed by atoms with Gasteiger partial charge >= 0.3 is 6.18 Å². The van der Waals surface area contributed by atoms with Crippen molar-refractivity contribution in [3.8, 4) is 5.69 Å². The van der Waals surface area contributed by atoms with Crippen LogP contribution >= 0.6 is 0 Å². The minimum atomic E-state index is -4.50. The van der Waals surface area contributed by atoms with Gasteiger partial charge in [-0.05, 0) is 36.4 Å². The molecule has 1 fully saturated rings. The molecule has 164 valence electrons. The summed E-state index contributed by atoms with van der Waals surface area (Å²) < 4.78 is 66.8. The van der Waals surface area contributed by atoms with Crippen LogP contribution in [0.25, 0.3) is 5.69 Å². The van der Waals surface area contributed by atoms with E-state index in [1.807, 2.05) is 36.5 Å². The van der Waals surface area contributed by atoms with Crippen molar-refractivity contribution in [3.05, 3.63) is 78.1 Å². The van der Waals surface area contributed by atoms with E-state index in [4.69, 9.17) is 0 Å². The quantitative estimate of drug-likeness (QED) is 0.598. The summed E-state index contributed by atoms with van der Waals surface area (Å²) in [5.74, 6) is 0. The van der Waals surface area contributed by atoms with Gasteiger partial charge in [0.25, 0.3) is 0 Å². The van der Waals surface area contributed by atoms with E-state index >= 15 is 0 Å². The van der Waals surface area contributed by atoms with E-state index in [0.29, 0.717) is 19.6 Å². The predicted molar refractivity (Wildman–Crippen MR) is 109 cm³/mol. The molecule has 1 aliphatic heterocycles. The Morgan fingerprint density at radius 2 is 1.55 bits per heavy atom. The third-order valence-corrected chi connectivity index (χ3v) is 7.13. The SMILES string of the molecule is O=S(=O)(c1ccc(C(F)(F)F)cc1)N1CCN(Cc2cnn(-c3ccccc3)c2)CC1. The second kappa shape index (κ2) is 8.45. The van der Waals surface area contributed by atoms with E-state index < -0.39 is 21.8 Å². The molecule has 1 aliphatic rings. The summed E-state index contributed by atoms with van der Waals surface area (Å²) in [4.78, 5) is 2.00. The number of sulfonamides is 1.